The van der Waals surface area contributed by atoms with Crippen LogP contribution in [-0.4, -0.2) is 41.0 Å². The Bertz CT molecular complexity index is 1150. The normalized spacial score (nSPS) is 11.3. The fourth-order valence-electron chi connectivity index (χ4n) is 2.19. The topological polar surface area (TPSA) is 150 Å². The van der Waals surface area contributed by atoms with Crippen LogP contribution in [0.4, 0.5) is 17.4 Å². The van der Waals surface area contributed by atoms with Gasteiger partial charge in [-0.05, 0) is 25.1 Å². The smallest absolute Gasteiger partial charge is 0.397 e. The van der Waals surface area contributed by atoms with E-state index in [4.69, 9.17) is 4.42 Å². The second kappa shape index (κ2) is 6.59. The van der Waals surface area contributed by atoms with Crippen molar-refractivity contribution in [1.82, 2.24) is 29.8 Å². The molecule has 4 aromatic rings. The van der Waals surface area contributed by atoms with Crippen LogP contribution in [0, 0.1) is 17.0 Å². The first-order chi connectivity index (χ1) is 13.1. The minimum Gasteiger partial charge on any atom is -0.397 e. The van der Waals surface area contributed by atoms with Gasteiger partial charge in [0.2, 0.25) is 5.82 Å². The molecule has 0 aliphatic rings. The molecule has 27 heavy (non-hydrogen) atoms. The molecule has 0 spiro atoms. The molecule has 4 heterocycles. The highest BCUT2D eigenvalue weighted by Crippen LogP contribution is 2.25. The van der Waals surface area contributed by atoms with Crippen molar-refractivity contribution in [2.24, 2.45) is 4.99 Å². The summed E-state index contributed by atoms with van der Waals surface area (Å²) < 4.78 is 6.55. The summed E-state index contributed by atoms with van der Waals surface area (Å²) in [5.41, 5.74) is 1.13. The Balaban J connectivity index is 1.60. The van der Waals surface area contributed by atoms with Gasteiger partial charge >= 0.3 is 5.88 Å². The second-order valence-corrected chi connectivity index (χ2v) is 5.30. The SMILES string of the molecule is Cc1ncc(NC=Nc2ccc3nnc(-c4ccc([N+](=O)[O-])o4)n3n2)cn1. The van der Waals surface area contributed by atoms with Crippen LogP contribution in [-0.2, 0) is 0 Å². The number of aliphatic imine (C=N–C) groups is 1. The summed E-state index contributed by atoms with van der Waals surface area (Å²) in [6.45, 7) is 1.79. The third-order valence-corrected chi connectivity index (χ3v) is 3.45. The zero-order valence-electron chi connectivity index (χ0n) is 13.8. The third-order valence-electron chi connectivity index (χ3n) is 3.45. The zero-order valence-corrected chi connectivity index (χ0v) is 13.8. The summed E-state index contributed by atoms with van der Waals surface area (Å²) in [6.07, 6.45) is 4.71. The van der Waals surface area contributed by atoms with Crippen molar-refractivity contribution in [1.29, 1.82) is 0 Å². The Morgan fingerprint density at radius 2 is 2.04 bits per heavy atom. The molecule has 0 aliphatic heterocycles. The lowest BCUT2D eigenvalue weighted by atomic mass is 10.4. The molecule has 1 N–H and O–H groups in total. The third kappa shape index (κ3) is 3.30. The van der Waals surface area contributed by atoms with Gasteiger partial charge in [-0.3, -0.25) is 10.1 Å². The highest BCUT2D eigenvalue weighted by Gasteiger charge is 2.18. The molecular weight excluding hydrogens is 354 g/mol. The van der Waals surface area contributed by atoms with Gasteiger partial charge < -0.3 is 9.73 Å². The van der Waals surface area contributed by atoms with Crippen LogP contribution in [0.1, 0.15) is 5.82 Å². The molecule has 134 valence electrons. The minimum absolute atomic E-state index is 0.178. The van der Waals surface area contributed by atoms with Crippen molar-refractivity contribution in [2.45, 2.75) is 6.92 Å². The van der Waals surface area contributed by atoms with Crippen molar-refractivity contribution in [3.8, 4) is 11.6 Å². The maximum atomic E-state index is 10.8. The lowest BCUT2D eigenvalue weighted by molar-refractivity contribution is -0.401. The van der Waals surface area contributed by atoms with Crippen molar-refractivity contribution in [3.05, 3.63) is 52.6 Å². The maximum Gasteiger partial charge on any atom is 0.433 e. The van der Waals surface area contributed by atoms with E-state index in [1.807, 2.05) is 0 Å². The molecule has 0 bridgehead atoms. The number of fused-ring (bicyclic) bond motifs is 1. The van der Waals surface area contributed by atoms with Crippen LogP contribution in [0.15, 0.2) is 46.1 Å². The number of furan rings is 1. The van der Waals surface area contributed by atoms with Crippen molar-refractivity contribution in [3.63, 3.8) is 0 Å². The van der Waals surface area contributed by atoms with Gasteiger partial charge in [0.05, 0.1) is 30.5 Å². The van der Waals surface area contributed by atoms with E-state index in [2.05, 4.69) is 35.6 Å². The molecule has 0 radical (unpaired) electrons. The predicted molar refractivity (Wildman–Crippen MR) is 93.7 cm³/mol. The molecular formula is C15H11N9O3. The molecule has 0 saturated heterocycles. The lowest BCUT2D eigenvalue weighted by Gasteiger charge is -1.99. The van der Waals surface area contributed by atoms with E-state index >= 15 is 0 Å². The molecule has 4 aromatic heterocycles. The Labute approximate surface area is 150 Å². The van der Waals surface area contributed by atoms with Crippen LogP contribution in [0.25, 0.3) is 17.2 Å². The first kappa shape index (κ1) is 16.3. The van der Waals surface area contributed by atoms with Gasteiger partial charge in [-0.25, -0.2) is 15.0 Å². The van der Waals surface area contributed by atoms with Gasteiger partial charge in [0.1, 0.15) is 10.7 Å². The summed E-state index contributed by atoms with van der Waals surface area (Å²) in [7, 11) is 0. The van der Waals surface area contributed by atoms with Gasteiger partial charge in [0.15, 0.2) is 17.2 Å². The van der Waals surface area contributed by atoms with Gasteiger partial charge in [0.25, 0.3) is 0 Å². The fraction of sp³-hybridized carbons (Fsp3) is 0.0667. The maximum absolute atomic E-state index is 10.8. The number of hydrogen-bond donors (Lipinski definition) is 1. The van der Waals surface area contributed by atoms with Crippen molar-refractivity contribution in [2.75, 3.05) is 5.32 Å². The van der Waals surface area contributed by atoms with Gasteiger partial charge in [-0.1, -0.05) is 0 Å². The summed E-state index contributed by atoms with van der Waals surface area (Å²) in [6, 6.07) is 6.00. The van der Waals surface area contributed by atoms with Crippen molar-refractivity contribution >= 4 is 29.4 Å². The van der Waals surface area contributed by atoms with E-state index in [1.54, 1.807) is 31.5 Å². The fourth-order valence-corrected chi connectivity index (χ4v) is 2.19. The summed E-state index contributed by atoms with van der Waals surface area (Å²) in [5, 5.41) is 25.9. The van der Waals surface area contributed by atoms with Crippen LogP contribution in [0.5, 0.6) is 0 Å². The first-order valence-electron chi connectivity index (χ1n) is 7.65. The summed E-state index contributed by atoms with van der Waals surface area (Å²) >= 11 is 0. The zero-order chi connectivity index (χ0) is 18.8. The van der Waals surface area contributed by atoms with Crippen LogP contribution in [0.3, 0.4) is 0 Å². The van der Waals surface area contributed by atoms with E-state index in [1.165, 1.54) is 23.0 Å². The van der Waals surface area contributed by atoms with E-state index < -0.39 is 4.92 Å². The van der Waals surface area contributed by atoms with E-state index in [0.717, 1.165) is 0 Å². The molecule has 0 unspecified atom stereocenters. The lowest BCUT2D eigenvalue weighted by Crippen LogP contribution is -1.98. The molecule has 0 atom stereocenters. The van der Waals surface area contributed by atoms with E-state index in [0.29, 0.717) is 23.0 Å². The number of nitrogens with zero attached hydrogens (tertiary/aromatic N) is 8. The highest BCUT2D eigenvalue weighted by atomic mass is 16.6. The Morgan fingerprint density at radius 3 is 2.78 bits per heavy atom. The van der Waals surface area contributed by atoms with Crippen LogP contribution >= 0.6 is 0 Å². The predicted octanol–water partition coefficient (Wildman–Crippen LogP) is 2.16. The molecule has 0 amide bonds. The monoisotopic (exact) mass is 365 g/mol. The molecule has 12 heteroatoms. The largest absolute Gasteiger partial charge is 0.433 e. The number of nitrogens with one attached hydrogen (secondary N) is 1. The molecule has 12 nitrogen and oxygen atoms in total. The summed E-state index contributed by atoms with van der Waals surface area (Å²) in [5.74, 6) is 1.06. The van der Waals surface area contributed by atoms with Gasteiger partial charge in [-0.2, -0.15) is 4.52 Å². The number of rotatable bonds is 5. The Hall–Kier alpha value is -4.22. The van der Waals surface area contributed by atoms with Gasteiger partial charge in [-0.15, -0.1) is 15.3 Å². The number of hydrogen-bond acceptors (Lipinski definition) is 9. The van der Waals surface area contributed by atoms with Crippen molar-refractivity contribution < 1.29 is 9.34 Å². The second-order valence-electron chi connectivity index (χ2n) is 5.30. The molecule has 0 fully saturated rings. The van der Waals surface area contributed by atoms with E-state index in [-0.39, 0.29) is 17.5 Å². The number of aromatic nitrogens is 6. The molecule has 0 aromatic carbocycles. The average Bonchev–Trinajstić information content (AvgIpc) is 3.30. The summed E-state index contributed by atoms with van der Waals surface area (Å²) in [4.78, 5) is 22.5. The quantitative estimate of drug-likeness (QED) is 0.243. The standard InChI is InChI=1S/C15H11N9O3/c1-9-16-6-10(7-17-9)18-8-19-12-3-4-13-20-21-15(23(13)22-12)11-2-5-14(27-11)24(25)26/h2-8H,1H3,(H,18,19,22). The molecule has 0 saturated carbocycles. The van der Waals surface area contributed by atoms with Crippen LogP contribution in [0.2, 0.25) is 0 Å². The number of nitro groups is 1. The Kier molecular flexibility index (Phi) is 3.97. The van der Waals surface area contributed by atoms with Gasteiger partial charge in [0, 0.05) is 0 Å². The Morgan fingerprint density at radius 1 is 1.22 bits per heavy atom. The molecule has 4 rings (SSSR count). The first-order valence-corrected chi connectivity index (χ1v) is 7.65. The number of aryl methyl sites for hydroxylation is 1. The molecule has 0 aliphatic carbocycles. The highest BCUT2D eigenvalue weighted by molar-refractivity contribution is 5.76. The van der Waals surface area contributed by atoms with Crippen LogP contribution < -0.4 is 5.32 Å². The number of anilines is 1. The average molecular weight is 365 g/mol. The minimum atomic E-state index is -0.629. The van der Waals surface area contributed by atoms with E-state index in [9.17, 15) is 10.1 Å².